The van der Waals surface area contributed by atoms with Crippen LogP contribution in [0.3, 0.4) is 0 Å². The Morgan fingerprint density at radius 3 is 2.56 bits per heavy atom. The third-order valence-corrected chi connectivity index (χ3v) is 7.97. The van der Waals surface area contributed by atoms with Gasteiger partial charge in [-0.15, -0.1) is 11.3 Å². The first kappa shape index (κ1) is 25.9. The van der Waals surface area contributed by atoms with Gasteiger partial charge in [-0.05, 0) is 54.1 Å². The van der Waals surface area contributed by atoms with Gasteiger partial charge >= 0.3 is 19.5 Å². The predicted octanol–water partition coefficient (Wildman–Crippen LogP) is 5.32. The van der Waals surface area contributed by atoms with Crippen molar-refractivity contribution in [1.82, 2.24) is 5.09 Å². The molecular formula is C24H28NO7PS. The van der Waals surface area contributed by atoms with Crippen LogP contribution in [0.5, 0.6) is 5.75 Å². The third kappa shape index (κ3) is 7.14. The number of carboxylic acids is 1. The summed E-state index contributed by atoms with van der Waals surface area (Å²) in [6, 6.07) is 14.8. The number of aromatic carboxylic acids is 1. The SMILES string of the molecule is CCCOC(=O)C(CCOC)NP(=O)(Cc1ccc2sc(C(=O)O)cc2c1)Oc1ccccc1. The summed E-state index contributed by atoms with van der Waals surface area (Å²) in [5, 5.41) is 12.9. The van der Waals surface area contributed by atoms with Crippen molar-refractivity contribution in [3.63, 3.8) is 0 Å². The largest absolute Gasteiger partial charge is 0.477 e. The molecule has 0 aliphatic heterocycles. The highest BCUT2D eigenvalue weighted by molar-refractivity contribution is 7.56. The molecule has 0 saturated heterocycles. The van der Waals surface area contributed by atoms with Gasteiger partial charge in [-0.1, -0.05) is 31.2 Å². The van der Waals surface area contributed by atoms with Crippen LogP contribution in [0.15, 0.2) is 54.6 Å². The van der Waals surface area contributed by atoms with Crippen LogP contribution in [-0.4, -0.2) is 43.4 Å². The van der Waals surface area contributed by atoms with E-state index in [4.69, 9.17) is 14.0 Å². The van der Waals surface area contributed by atoms with E-state index >= 15 is 0 Å². The number of carboxylic acid groups (broad SMARTS) is 1. The zero-order chi connectivity index (χ0) is 24.6. The van der Waals surface area contributed by atoms with Gasteiger partial charge in [0.05, 0.1) is 12.8 Å². The first-order valence-electron chi connectivity index (χ1n) is 10.9. The smallest absolute Gasteiger partial charge is 0.345 e. The quantitative estimate of drug-likeness (QED) is 0.237. The molecule has 0 bridgehead atoms. The molecule has 0 fully saturated rings. The molecule has 2 atom stereocenters. The molecular weight excluding hydrogens is 477 g/mol. The number of hydrogen-bond donors (Lipinski definition) is 2. The van der Waals surface area contributed by atoms with E-state index in [1.807, 2.05) is 13.0 Å². The fraction of sp³-hybridized carbons (Fsp3) is 0.333. The number of carbonyl (C=O) groups excluding carboxylic acids is 1. The molecule has 3 aromatic rings. The number of fused-ring (bicyclic) bond motifs is 1. The third-order valence-electron chi connectivity index (χ3n) is 4.87. The van der Waals surface area contributed by atoms with Crippen molar-refractivity contribution < 1.29 is 33.3 Å². The van der Waals surface area contributed by atoms with Crippen molar-refractivity contribution >= 4 is 40.9 Å². The van der Waals surface area contributed by atoms with Crippen LogP contribution in [0.1, 0.15) is 35.0 Å². The number of rotatable bonds is 13. The highest BCUT2D eigenvalue weighted by Gasteiger charge is 2.33. The lowest BCUT2D eigenvalue weighted by molar-refractivity contribution is -0.146. The molecule has 182 valence electrons. The molecule has 0 spiro atoms. The number of nitrogens with one attached hydrogen (secondary N) is 1. The first-order chi connectivity index (χ1) is 16.3. The molecule has 0 aliphatic rings. The number of benzene rings is 2. The summed E-state index contributed by atoms with van der Waals surface area (Å²) in [6.45, 7) is 2.42. The van der Waals surface area contributed by atoms with Crippen molar-refractivity contribution in [3.05, 3.63) is 65.0 Å². The molecule has 0 aliphatic carbocycles. The summed E-state index contributed by atoms with van der Waals surface area (Å²) >= 11 is 1.18. The molecule has 2 aromatic carbocycles. The van der Waals surface area contributed by atoms with E-state index in [2.05, 4.69) is 5.09 Å². The van der Waals surface area contributed by atoms with Crippen LogP contribution in [0.25, 0.3) is 10.1 Å². The normalized spacial score (nSPS) is 13.8. The van der Waals surface area contributed by atoms with Crippen LogP contribution in [0.4, 0.5) is 0 Å². The lowest BCUT2D eigenvalue weighted by Crippen LogP contribution is -2.38. The first-order valence-corrected chi connectivity index (χ1v) is 13.5. The molecule has 3 rings (SSSR count). The zero-order valence-corrected chi connectivity index (χ0v) is 20.8. The van der Waals surface area contributed by atoms with E-state index in [1.165, 1.54) is 18.4 Å². The van der Waals surface area contributed by atoms with Gasteiger partial charge < -0.3 is 19.1 Å². The Morgan fingerprint density at radius 1 is 1.12 bits per heavy atom. The summed E-state index contributed by atoms with van der Waals surface area (Å²) in [5.74, 6) is -1.11. The summed E-state index contributed by atoms with van der Waals surface area (Å²) < 4.78 is 31.2. The molecule has 2 N–H and O–H groups in total. The monoisotopic (exact) mass is 505 g/mol. The van der Waals surface area contributed by atoms with Crippen molar-refractivity contribution in [2.24, 2.45) is 0 Å². The minimum absolute atomic E-state index is 0.0133. The fourth-order valence-corrected chi connectivity index (χ4v) is 6.24. The zero-order valence-electron chi connectivity index (χ0n) is 19.1. The van der Waals surface area contributed by atoms with Crippen molar-refractivity contribution in [3.8, 4) is 5.75 Å². The molecule has 0 saturated carbocycles. The minimum Gasteiger partial charge on any atom is -0.477 e. The Morgan fingerprint density at radius 2 is 1.88 bits per heavy atom. The van der Waals surface area contributed by atoms with Crippen molar-refractivity contribution in [2.75, 3.05) is 20.3 Å². The molecule has 8 nitrogen and oxygen atoms in total. The standard InChI is InChI=1S/C24H28NO7PS/c1-3-12-31-24(28)20(11-13-30-2)25-33(29,32-19-7-5-4-6-8-19)16-17-9-10-21-18(14-17)15-22(34-21)23(26)27/h4-10,14-15,20H,3,11-13,16H2,1-2H3,(H,25,29)(H,26,27). The van der Waals surface area contributed by atoms with E-state index in [0.29, 0.717) is 17.7 Å². The van der Waals surface area contributed by atoms with Crippen LogP contribution in [0, 0.1) is 0 Å². The van der Waals surface area contributed by atoms with Gasteiger partial charge in [-0.25, -0.2) is 9.88 Å². The summed E-state index contributed by atoms with van der Waals surface area (Å²) in [4.78, 5) is 24.2. The molecule has 1 aromatic heterocycles. The van der Waals surface area contributed by atoms with E-state index in [-0.39, 0.29) is 30.7 Å². The number of thiophene rings is 1. The van der Waals surface area contributed by atoms with Crippen LogP contribution in [-0.2, 0) is 25.0 Å². The van der Waals surface area contributed by atoms with Gasteiger partial charge in [-0.3, -0.25) is 9.36 Å². The Hall–Kier alpha value is -2.71. The van der Waals surface area contributed by atoms with Crippen LogP contribution >= 0.6 is 18.9 Å². The summed E-state index contributed by atoms with van der Waals surface area (Å²) in [5.41, 5.74) is 0.682. The maximum Gasteiger partial charge on any atom is 0.345 e. The number of methoxy groups -OCH3 is 1. The lowest BCUT2D eigenvalue weighted by Gasteiger charge is -2.25. The average Bonchev–Trinajstić information content (AvgIpc) is 3.24. The second-order valence-corrected chi connectivity index (χ2v) is 10.8. The van der Waals surface area contributed by atoms with Crippen LogP contribution in [0.2, 0.25) is 0 Å². The Balaban J connectivity index is 1.91. The van der Waals surface area contributed by atoms with Gasteiger partial charge in [0.1, 0.15) is 16.7 Å². The number of para-hydroxylation sites is 1. The highest BCUT2D eigenvalue weighted by Crippen LogP contribution is 2.47. The van der Waals surface area contributed by atoms with Crippen molar-refractivity contribution in [1.29, 1.82) is 0 Å². The highest BCUT2D eigenvalue weighted by atomic mass is 32.1. The summed E-state index contributed by atoms with van der Waals surface area (Å²) in [6.07, 6.45) is 0.910. The Kier molecular flexibility index (Phi) is 9.24. The van der Waals surface area contributed by atoms with Crippen LogP contribution < -0.4 is 9.61 Å². The van der Waals surface area contributed by atoms with E-state index in [9.17, 15) is 19.3 Å². The van der Waals surface area contributed by atoms with E-state index in [0.717, 1.165) is 10.1 Å². The average molecular weight is 506 g/mol. The number of hydrogen-bond acceptors (Lipinski definition) is 7. The Bertz CT molecular complexity index is 1160. The van der Waals surface area contributed by atoms with Crippen molar-refractivity contribution in [2.45, 2.75) is 32.0 Å². The second-order valence-electron chi connectivity index (χ2n) is 7.65. The number of ether oxygens (including phenoxy) is 2. The number of carbonyl (C=O) groups is 2. The molecule has 0 amide bonds. The van der Waals surface area contributed by atoms with E-state index in [1.54, 1.807) is 48.5 Å². The maximum absolute atomic E-state index is 14.1. The number of esters is 1. The van der Waals surface area contributed by atoms with Gasteiger partial charge in [0.2, 0.25) is 0 Å². The molecule has 2 unspecified atom stereocenters. The van der Waals surface area contributed by atoms with Gasteiger partial charge in [0.15, 0.2) is 0 Å². The molecule has 0 radical (unpaired) electrons. The van der Waals surface area contributed by atoms with Gasteiger partial charge in [-0.2, -0.15) is 0 Å². The lowest BCUT2D eigenvalue weighted by atomic mass is 10.2. The topological polar surface area (TPSA) is 111 Å². The molecule has 1 heterocycles. The van der Waals surface area contributed by atoms with Gasteiger partial charge in [0, 0.05) is 18.4 Å². The summed E-state index contributed by atoms with van der Waals surface area (Å²) in [7, 11) is -2.13. The van der Waals surface area contributed by atoms with Gasteiger partial charge in [0.25, 0.3) is 0 Å². The second kappa shape index (κ2) is 12.1. The fourth-order valence-electron chi connectivity index (χ4n) is 3.30. The molecule has 10 heteroatoms. The minimum atomic E-state index is -3.66. The Labute approximate surface area is 202 Å². The molecule has 34 heavy (non-hydrogen) atoms. The van der Waals surface area contributed by atoms with E-state index < -0.39 is 25.5 Å². The maximum atomic E-state index is 14.1. The predicted molar refractivity (Wildman–Crippen MR) is 132 cm³/mol.